The number of aryl methyl sites for hydroxylation is 1. The molecule has 0 aromatic heterocycles. The van der Waals surface area contributed by atoms with Gasteiger partial charge < -0.3 is 10.2 Å². The molecule has 2 bridgehead atoms. The molecule has 0 aliphatic carbocycles. The van der Waals surface area contributed by atoms with E-state index < -0.39 is 0 Å². The van der Waals surface area contributed by atoms with E-state index in [2.05, 4.69) is 22.2 Å². The van der Waals surface area contributed by atoms with E-state index in [1.165, 1.54) is 38.3 Å². The lowest BCUT2D eigenvalue weighted by Crippen LogP contribution is -2.65. The Balaban J connectivity index is 1.46. The van der Waals surface area contributed by atoms with Gasteiger partial charge in [0.05, 0.1) is 0 Å². The van der Waals surface area contributed by atoms with Crippen molar-refractivity contribution in [2.24, 2.45) is 11.8 Å². The highest BCUT2D eigenvalue weighted by Gasteiger charge is 2.46. The van der Waals surface area contributed by atoms with Crippen LogP contribution in [-0.4, -0.2) is 61.0 Å². The molecule has 0 spiro atoms. The van der Waals surface area contributed by atoms with Gasteiger partial charge >= 0.3 is 0 Å². The molecule has 1 aromatic rings. The second kappa shape index (κ2) is 7.28. The normalized spacial score (nSPS) is 32.1. The molecule has 3 aliphatic rings. The number of fused-ring (bicyclic) bond motifs is 4. The largest absolute Gasteiger partial charge is 0.350 e. The second-order valence-corrected chi connectivity index (χ2v) is 8.52. The van der Waals surface area contributed by atoms with Crippen molar-refractivity contribution in [3.05, 3.63) is 35.1 Å². The first-order valence-corrected chi connectivity index (χ1v) is 10.0. The van der Waals surface area contributed by atoms with Crippen molar-refractivity contribution in [3.63, 3.8) is 0 Å². The van der Waals surface area contributed by atoms with Crippen LogP contribution in [0.2, 0.25) is 0 Å². The highest BCUT2D eigenvalue weighted by Crippen LogP contribution is 2.40. The summed E-state index contributed by atoms with van der Waals surface area (Å²) in [5.41, 5.74) is 1.07. The molecule has 4 rings (SSSR count). The van der Waals surface area contributed by atoms with Crippen LogP contribution >= 0.6 is 0 Å². The second-order valence-electron chi connectivity index (χ2n) is 8.52. The van der Waals surface area contributed by atoms with Gasteiger partial charge in [-0.05, 0) is 75.4 Å². The smallest absolute Gasteiger partial charge is 0.251 e. The van der Waals surface area contributed by atoms with Crippen molar-refractivity contribution in [3.8, 4) is 0 Å². The number of rotatable bonds is 3. The third kappa shape index (κ3) is 3.39. The van der Waals surface area contributed by atoms with E-state index in [1.807, 2.05) is 0 Å². The zero-order chi connectivity index (χ0) is 18.3. The molecule has 1 aromatic carbocycles. The van der Waals surface area contributed by atoms with Crippen molar-refractivity contribution in [1.82, 2.24) is 15.1 Å². The van der Waals surface area contributed by atoms with Crippen LogP contribution in [0.1, 0.15) is 41.6 Å². The maximum Gasteiger partial charge on any atom is 0.251 e. The van der Waals surface area contributed by atoms with Crippen LogP contribution in [0.5, 0.6) is 0 Å². The van der Waals surface area contributed by atoms with Crippen LogP contribution in [0.25, 0.3) is 0 Å². The average molecular weight is 359 g/mol. The van der Waals surface area contributed by atoms with Crippen LogP contribution < -0.4 is 5.32 Å². The minimum absolute atomic E-state index is 0.0899. The molecule has 3 fully saturated rings. The zero-order valence-electron chi connectivity index (χ0n) is 15.9. The van der Waals surface area contributed by atoms with Crippen LogP contribution in [0.15, 0.2) is 18.2 Å². The van der Waals surface area contributed by atoms with E-state index in [0.29, 0.717) is 35.7 Å². The summed E-state index contributed by atoms with van der Waals surface area (Å²) in [7, 11) is 2.23. The van der Waals surface area contributed by atoms with Gasteiger partial charge in [-0.1, -0.05) is 6.42 Å². The van der Waals surface area contributed by atoms with Crippen molar-refractivity contribution in [2.75, 3.05) is 33.2 Å². The van der Waals surface area contributed by atoms with E-state index in [4.69, 9.17) is 0 Å². The van der Waals surface area contributed by atoms with Gasteiger partial charge in [0.15, 0.2) is 0 Å². The summed E-state index contributed by atoms with van der Waals surface area (Å²) in [4.78, 5) is 17.8. The molecule has 1 N–H and O–H groups in total. The summed E-state index contributed by atoms with van der Waals surface area (Å²) in [6, 6.07) is 5.70. The molecule has 0 unspecified atom stereocenters. The van der Waals surface area contributed by atoms with Gasteiger partial charge in [-0.15, -0.1) is 0 Å². The van der Waals surface area contributed by atoms with Crippen molar-refractivity contribution < 1.29 is 9.18 Å². The van der Waals surface area contributed by atoms with Crippen LogP contribution in [-0.2, 0) is 0 Å². The number of amides is 1. The average Bonchev–Trinajstić information content (AvgIpc) is 2.63. The van der Waals surface area contributed by atoms with E-state index >= 15 is 0 Å². The van der Waals surface area contributed by atoms with Crippen LogP contribution in [0.4, 0.5) is 4.39 Å². The summed E-state index contributed by atoms with van der Waals surface area (Å²) in [5, 5.41) is 3.14. The molecular weight excluding hydrogens is 329 g/mol. The molecule has 4 atom stereocenters. The van der Waals surface area contributed by atoms with Crippen LogP contribution in [0.3, 0.4) is 0 Å². The van der Waals surface area contributed by atoms with E-state index in [1.54, 1.807) is 19.1 Å². The van der Waals surface area contributed by atoms with Gasteiger partial charge in [0.1, 0.15) is 5.82 Å². The summed E-state index contributed by atoms with van der Waals surface area (Å²) >= 11 is 0. The van der Waals surface area contributed by atoms with E-state index in [9.17, 15) is 9.18 Å². The first kappa shape index (κ1) is 17.9. The third-order valence-corrected chi connectivity index (χ3v) is 6.70. The van der Waals surface area contributed by atoms with Crippen molar-refractivity contribution >= 4 is 5.91 Å². The molecule has 3 aliphatic heterocycles. The molecule has 3 saturated heterocycles. The molecule has 5 heteroatoms. The van der Waals surface area contributed by atoms with E-state index in [0.717, 1.165) is 19.0 Å². The molecule has 1 amide bonds. The number of piperidine rings is 3. The lowest BCUT2D eigenvalue weighted by molar-refractivity contribution is -0.0646. The standard InChI is InChI=1S/C21H30FN3O/c1-14-9-15(6-7-18(14)22)21(26)23-11-20-17-10-16(12-24(2)13-17)19-5-3-4-8-25(19)20/h6-7,9,16-17,19-20H,3-5,8,10-13H2,1-2H3,(H,23,26)/t16-,17+,19+,20+/m1/s1. The molecule has 3 heterocycles. The zero-order valence-corrected chi connectivity index (χ0v) is 15.9. The Kier molecular flexibility index (Phi) is 5.02. The summed E-state index contributed by atoms with van der Waals surface area (Å²) in [5.74, 6) is 1.06. The van der Waals surface area contributed by atoms with Gasteiger partial charge in [0, 0.05) is 37.3 Å². The number of halogens is 1. The Labute approximate surface area is 155 Å². The monoisotopic (exact) mass is 359 g/mol. The number of carbonyl (C=O) groups is 1. The minimum atomic E-state index is -0.263. The third-order valence-electron chi connectivity index (χ3n) is 6.70. The molecule has 0 radical (unpaired) electrons. The fourth-order valence-corrected chi connectivity index (χ4v) is 5.51. The highest BCUT2D eigenvalue weighted by molar-refractivity contribution is 5.94. The molecule has 142 valence electrons. The van der Waals surface area contributed by atoms with Gasteiger partial charge in [-0.2, -0.15) is 0 Å². The SMILES string of the molecule is Cc1cc(C(=O)NC[C@H]2[C@H]3C[C@H](CN(C)C3)[C@@H]3CCCCN32)ccc1F. The topological polar surface area (TPSA) is 35.6 Å². The molecule has 26 heavy (non-hydrogen) atoms. The quantitative estimate of drug-likeness (QED) is 0.901. The van der Waals surface area contributed by atoms with Crippen molar-refractivity contribution in [2.45, 2.75) is 44.7 Å². The number of benzene rings is 1. The number of carbonyl (C=O) groups excluding carboxylic acids is 1. The fraction of sp³-hybridized carbons (Fsp3) is 0.667. The highest BCUT2D eigenvalue weighted by atomic mass is 19.1. The van der Waals surface area contributed by atoms with Gasteiger partial charge in [0.2, 0.25) is 0 Å². The first-order valence-electron chi connectivity index (χ1n) is 10.0. The van der Waals surface area contributed by atoms with E-state index in [-0.39, 0.29) is 11.7 Å². The fourth-order valence-electron chi connectivity index (χ4n) is 5.51. The summed E-state index contributed by atoms with van der Waals surface area (Å²) < 4.78 is 13.5. The summed E-state index contributed by atoms with van der Waals surface area (Å²) in [6.07, 6.45) is 5.20. The first-order chi connectivity index (χ1) is 12.5. The number of hydrogen-bond donors (Lipinski definition) is 1. The van der Waals surface area contributed by atoms with Gasteiger partial charge in [-0.3, -0.25) is 9.69 Å². The predicted molar refractivity (Wildman–Crippen MR) is 101 cm³/mol. The minimum Gasteiger partial charge on any atom is -0.350 e. The summed E-state index contributed by atoms with van der Waals surface area (Å²) in [6.45, 7) is 5.89. The van der Waals surface area contributed by atoms with Crippen molar-refractivity contribution in [1.29, 1.82) is 0 Å². The Morgan fingerprint density at radius 1 is 1.27 bits per heavy atom. The lowest BCUT2D eigenvalue weighted by atomic mass is 9.72. The number of nitrogens with one attached hydrogen (secondary N) is 1. The predicted octanol–water partition coefficient (Wildman–Crippen LogP) is 2.67. The Morgan fingerprint density at radius 2 is 2.08 bits per heavy atom. The maximum absolute atomic E-state index is 13.5. The molecule has 4 nitrogen and oxygen atoms in total. The van der Waals surface area contributed by atoms with Gasteiger partial charge in [0.25, 0.3) is 5.91 Å². The Hall–Kier alpha value is -1.46. The number of hydrogen-bond acceptors (Lipinski definition) is 3. The number of nitrogens with zero attached hydrogens (tertiary/aromatic N) is 2. The Bertz CT molecular complexity index is 679. The molecular formula is C21H30FN3O. The lowest BCUT2D eigenvalue weighted by Gasteiger charge is -2.56. The maximum atomic E-state index is 13.5. The number of likely N-dealkylation sites (tertiary alicyclic amines) is 1. The van der Waals surface area contributed by atoms with Crippen LogP contribution in [0, 0.1) is 24.6 Å². The Morgan fingerprint density at radius 3 is 2.88 bits per heavy atom. The van der Waals surface area contributed by atoms with Gasteiger partial charge in [-0.25, -0.2) is 4.39 Å². The molecule has 0 saturated carbocycles.